The van der Waals surface area contributed by atoms with Gasteiger partial charge in [0.1, 0.15) is 11.6 Å². The minimum Gasteiger partial charge on any atom is -0.458 e. The van der Waals surface area contributed by atoms with E-state index in [9.17, 15) is 9.59 Å². The third kappa shape index (κ3) is 5.45. The summed E-state index contributed by atoms with van der Waals surface area (Å²) in [6.07, 6.45) is 0. The first-order valence-electron chi connectivity index (χ1n) is 6.91. The second kappa shape index (κ2) is 6.61. The van der Waals surface area contributed by atoms with Crippen LogP contribution in [0, 0.1) is 0 Å². The van der Waals surface area contributed by atoms with Gasteiger partial charge in [-0.3, -0.25) is 4.79 Å². The number of carbonyl (C=O) groups excluding carboxylic acids is 2. The van der Waals surface area contributed by atoms with E-state index < -0.39 is 17.6 Å². The highest BCUT2D eigenvalue weighted by atomic mass is 16.6. The number of ether oxygens (including phenoxy) is 1. The van der Waals surface area contributed by atoms with Gasteiger partial charge in [-0.15, -0.1) is 0 Å². The number of nitrogens with zero attached hydrogens (tertiary/aromatic N) is 1. The fourth-order valence-corrected chi connectivity index (χ4v) is 1.65. The van der Waals surface area contributed by atoms with Crippen molar-refractivity contribution in [2.45, 2.75) is 39.3 Å². The molecule has 0 bridgehead atoms. The molecule has 0 fully saturated rings. The first-order valence-corrected chi connectivity index (χ1v) is 6.91. The van der Waals surface area contributed by atoms with Crippen LogP contribution in [0.2, 0.25) is 0 Å². The molecule has 0 aromatic heterocycles. The molecular formula is C16H24N2O3. The predicted octanol–water partition coefficient (Wildman–Crippen LogP) is 2.21. The van der Waals surface area contributed by atoms with Gasteiger partial charge in [0.15, 0.2) is 0 Å². The van der Waals surface area contributed by atoms with Crippen LogP contribution in [0.1, 0.15) is 38.1 Å². The predicted molar refractivity (Wildman–Crippen MR) is 83.5 cm³/mol. The fraction of sp³-hybridized carbons (Fsp3) is 0.500. The quantitative estimate of drug-likeness (QED) is 0.864. The summed E-state index contributed by atoms with van der Waals surface area (Å²) in [6, 6.07) is 6.51. The molecule has 0 saturated heterocycles. The van der Waals surface area contributed by atoms with Crippen molar-refractivity contribution in [3.05, 3.63) is 29.8 Å². The molecule has 116 valence electrons. The molecule has 1 rings (SSSR count). The van der Waals surface area contributed by atoms with Crippen LogP contribution < -0.4 is 10.2 Å². The molecular weight excluding hydrogens is 268 g/mol. The van der Waals surface area contributed by atoms with Gasteiger partial charge in [0.25, 0.3) is 5.91 Å². The Morgan fingerprint density at radius 2 is 1.86 bits per heavy atom. The molecule has 5 nitrogen and oxygen atoms in total. The van der Waals surface area contributed by atoms with Crippen molar-refractivity contribution < 1.29 is 14.3 Å². The zero-order valence-corrected chi connectivity index (χ0v) is 13.6. The molecule has 0 radical (unpaired) electrons. The Kier molecular flexibility index (Phi) is 5.35. The monoisotopic (exact) mass is 292 g/mol. The van der Waals surface area contributed by atoms with Crippen LogP contribution in [0.5, 0.6) is 0 Å². The van der Waals surface area contributed by atoms with Gasteiger partial charge < -0.3 is 15.0 Å². The molecule has 0 aliphatic rings. The summed E-state index contributed by atoms with van der Waals surface area (Å²) in [5, 5.41) is 2.65. The lowest BCUT2D eigenvalue weighted by atomic mass is 10.1. The van der Waals surface area contributed by atoms with Crippen LogP contribution in [0.3, 0.4) is 0 Å². The average molecular weight is 292 g/mol. The molecule has 21 heavy (non-hydrogen) atoms. The third-order valence-electron chi connectivity index (χ3n) is 2.73. The lowest BCUT2D eigenvalue weighted by Gasteiger charge is -2.22. The highest BCUT2D eigenvalue weighted by Gasteiger charge is 2.23. The largest absolute Gasteiger partial charge is 0.458 e. The number of benzene rings is 1. The number of esters is 1. The topological polar surface area (TPSA) is 58.6 Å². The molecule has 0 unspecified atom stereocenters. The zero-order chi connectivity index (χ0) is 16.2. The Labute approximate surface area is 126 Å². The molecule has 1 atom stereocenters. The van der Waals surface area contributed by atoms with Crippen LogP contribution in [-0.2, 0) is 9.53 Å². The molecule has 0 saturated carbocycles. The minimum absolute atomic E-state index is 0.294. The lowest BCUT2D eigenvalue weighted by Crippen LogP contribution is -2.42. The molecule has 0 spiro atoms. The van der Waals surface area contributed by atoms with Crippen molar-refractivity contribution in [1.29, 1.82) is 0 Å². The molecule has 1 amide bonds. The summed E-state index contributed by atoms with van der Waals surface area (Å²) in [7, 11) is 3.81. The van der Waals surface area contributed by atoms with Crippen LogP contribution in [0.4, 0.5) is 5.69 Å². The van der Waals surface area contributed by atoms with Gasteiger partial charge in [0, 0.05) is 25.3 Å². The number of nitrogens with one attached hydrogen (secondary N) is 1. The smallest absolute Gasteiger partial charge is 0.328 e. The number of rotatable bonds is 4. The summed E-state index contributed by atoms with van der Waals surface area (Å²) >= 11 is 0. The summed E-state index contributed by atoms with van der Waals surface area (Å²) in [5.41, 5.74) is 0.866. The summed E-state index contributed by atoms with van der Waals surface area (Å²) in [4.78, 5) is 25.9. The Balaban J connectivity index is 2.72. The van der Waals surface area contributed by atoms with Crippen molar-refractivity contribution in [2.24, 2.45) is 0 Å². The zero-order valence-electron chi connectivity index (χ0n) is 13.6. The minimum atomic E-state index is -0.695. The van der Waals surface area contributed by atoms with Crippen LogP contribution >= 0.6 is 0 Å². The summed E-state index contributed by atoms with van der Waals surface area (Å²) < 4.78 is 5.24. The van der Waals surface area contributed by atoms with E-state index >= 15 is 0 Å². The van der Waals surface area contributed by atoms with Gasteiger partial charge in [-0.1, -0.05) is 6.07 Å². The second-order valence-electron chi connectivity index (χ2n) is 6.17. The van der Waals surface area contributed by atoms with Gasteiger partial charge in [-0.25, -0.2) is 4.79 Å². The van der Waals surface area contributed by atoms with E-state index in [0.717, 1.165) is 5.69 Å². The van der Waals surface area contributed by atoms with E-state index in [1.165, 1.54) is 0 Å². The van der Waals surface area contributed by atoms with E-state index in [1.807, 2.05) is 31.1 Å². The Morgan fingerprint density at radius 3 is 2.38 bits per heavy atom. The maximum Gasteiger partial charge on any atom is 0.328 e. The SMILES string of the molecule is C[C@H](NC(=O)c1cccc(N(C)C)c1)C(=O)OC(C)(C)C. The number of anilines is 1. The van der Waals surface area contributed by atoms with E-state index in [-0.39, 0.29) is 5.91 Å². The number of hydrogen-bond acceptors (Lipinski definition) is 4. The van der Waals surface area contributed by atoms with Gasteiger partial charge in [0.05, 0.1) is 0 Å². The Morgan fingerprint density at radius 1 is 1.24 bits per heavy atom. The highest BCUT2D eigenvalue weighted by Crippen LogP contribution is 2.14. The molecule has 0 aliphatic heterocycles. The first kappa shape index (κ1) is 17.0. The molecule has 0 aliphatic carbocycles. The normalized spacial score (nSPS) is 12.5. The van der Waals surface area contributed by atoms with Crippen LogP contribution in [0.15, 0.2) is 24.3 Å². The van der Waals surface area contributed by atoms with E-state index in [4.69, 9.17) is 4.74 Å². The molecule has 5 heteroatoms. The molecule has 1 N–H and O–H groups in total. The maximum absolute atomic E-state index is 12.2. The summed E-state index contributed by atoms with van der Waals surface area (Å²) in [6.45, 7) is 6.99. The molecule has 1 aromatic carbocycles. The molecule has 1 aromatic rings. The van der Waals surface area contributed by atoms with E-state index in [2.05, 4.69) is 5.32 Å². The number of hydrogen-bond donors (Lipinski definition) is 1. The van der Waals surface area contributed by atoms with Gasteiger partial charge in [0.2, 0.25) is 0 Å². The summed E-state index contributed by atoms with van der Waals surface area (Å²) in [5.74, 6) is -0.739. The Bertz CT molecular complexity index is 518. The van der Waals surface area contributed by atoms with E-state index in [1.54, 1.807) is 39.8 Å². The van der Waals surface area contributed by atoms with Crippen LogP contribution in [-0.4, -0.2) is 37.6 Å². The van der Waals surface area contributed by atoms with Crippen molar-refractivity contribution in [3.8, 4) is 0 Å². The second-order valence-corrected chi connectivity index (χ2v) is 6.17. The van der Waals surface area contributed by atoms with Gasteiger partial charge >= 0.3 is 5.97 Å². The first-order chi connectivity index (χ1) is 9.60. The third-order valence-corrected chi connectivity index (χ3v) is 2.73. The standard InChI is InChI=1S/C16H24N2O3/c1-11(15(20)21-16(2,3)4)17-14(19)12-8-7-9-13(10-12)18(5)6/h7-11H,1-6H3,(H,17,19)/t11-/m0/s1. The van der Waals surface area contributed by atoms with Crippen molar-refractivity contribution in [2.75, 3.05) is 19.0 Å². The van der Waals surface area contributed by atoms with Crippen LogP contribution in [0.25, 0.3) is 0 Å². The lowest BCUT2D eigenvalue weighted by molar-refractivity contribution is -0.156. The van der Waals surface area contributed by atoms with E-state index in [0.29, 0.717) is 5.56 Å². The average Bonchev–Trinajstić information content (AvgIpc) is 2.36. The van der Waals surface area contributed by atoms with Gasteiger partial charge in [-0.2, -0.15) is 0 Å². The number of amides is 1. The van der Waals surface area contributed by atoms with Crippen molar-refractivity contribution in [3.63, 3.8) is 0 Å². The highest BCUT2D eigenvalue weighted by molar-refractivity contribution is 5.97. The molecule has 0 heterocycles. The Hall–Kier alpha value is -2.04. The number of carbonyl (C=O) groups is 2. The van der Waals surface area contributed by atoms with Crippen molar-refractivity contribution >= 4 is 17.6 Å². The fourth-order valence-electron chi connectivity index (χ4n) is 1.65. The maximum atomic E-state index is 12.2. The van der Waals surface area contributed by atoms with Gasteiger partial charge in [-0.05, 0) is 45.9 Å². The van der Waals surface area contributed by atoms with Crippen molar-refractivity contribution in [1.82, 2.24) is 5.32 Å².